The fraction of sp³-hybridized carbons (Fsp3) is 0. The van der Waals surface area contributed by atoms with Gasteiger partial charge in [-0.05, 0) is 40.8 Å². The Morgan fingerprint density at radius 3 is 2.85 bits per heavy atom. The molecule has 2 rings (SSSR count). The SMILES string of the molecule is Clc1cc(-n2cncn2)ccc1I. The molecule has 1 aromatic carbocycles. The zero-order valence-corrected chi connectivity index (χ0v) is 9.40. The summed E-state index contributed by atoms with van der Waals surface area (Å²) in [7, 11) is 0. The Kier molecular flexibility index (Phi) is 2.50. The van der Waals surface area contributed by atoms with Crippen molar-refractivity contribution in [1.82, 2.24) is 14.8 Å². The Hall–Kier alpha value is -0.620. The van der Waals surface area contributed by atoms with E-state index in [2.05, 4.69) is 32.7 Å². The summed E-state index contributed by atoms with van der Waals surface area (Å²) in [5.74, 6) is 0. The highest BCUT2D eigenvalue weighted by molar-refractivity contribution is 14.1. The normalized spacial score (nSPS) is 10.3. The number of rotatable bonds is 1. The summed E-state index contributed by atoms with van der Waals surface area (Å²) < 4.78 is 2.70. The molecule has 0 bridgehead atoms. The van der Waals surface area contributed by atoms with Crippen LogP contribution in [-0.2, 0) is 0 Å². The van der Waals surface area contributed by atoms with Gasteiger partial charge in [0.25, 0.3) is 0 Å². The van der Waals surface area contributed by atoms with Crippen molar-refractivity contribution in [2.75, 3.05) is 0 Å². The van der Waals surface area contributed by atoms with Crippen molar-refractivity contribution in [1.29, 1.82) is 0 Å². The summed E-state index contributed by atoms with van der Waals surface area (Å²) in [4.78, 5) is 3.86. The molecule has 0 spiro atoms. The van der Waals surface area contributed by atoms with E-state index in [0.29, 0.717) is 0 Å². The molecule has 2 aromatic rings. The van der Waals surface area contributed by atoms with Crippen LogP contribution in [0.1, 0.15) is 0 Å². The van der Waals surface area contributed by atoms with Crippen LogP contribution in [0.4, 0.5) is 0 Å². The van der Waals surface area contributed by atoms with E-state index < -0.39 is 0 Å². The first-order chi connectivity index (χ1) is 6.27. The van der Waals surface area contributed by atoms with Crippen LogP contribution in [0.5, 0.6) is 0 Å². The Balaban J connectivity index is 2.49. The van der Waals surface area contributed by atoms with Crippen LogP contribution in [0, 0.1) is 3.57 Å². The lowest BCUT2D eigenvalue weighted by molar-refractivity contribution is 0.879. The molecule has 0 N–H and O–H groups in total. The topological polar surface area (TPSA) is 30.7 Å². The van der Waals surface area contributed by atoms with Crippen molar-refractivity contribution >= 4 is 34.2 Å². The summed E-state index contributed by atoms with van der Waals surface area (Å²) in [6, 6.07) is 5.75. The van der Waals surface area contributed by atoms with Gasteiger partial charge in [0, 0.05) is 3.57 Å². The van der Waals surface area contributed by atoms with Gasteiger partial charge in [-0.2, -0.15) is 5.10 Å². The number of benzene rings is 1. The smallest absolute Gasteiger partial charge is 0.138 e. The molecule has 5 heteroatoms. The summed E-state index contributed by atoms with van der Waals surface area (Å²) in [5.41, 5.74) is 0.919. The lowest BCUT2D eigenvalue weighted by Crippen LogP contribution is -1.94. The van der Waals surface area contributed by atoms with E-state index >= 15 is 0 Å². The molecule has 0 fully saturated rings. The van der Waals surface area contributed by atoms with Crippen molar-refractivity contribution < 1.29 is 0 Å². The molecule has 3 nitrogen and oxygen atoms in total. The quantitative estimate of drug-likeness (QED) is 0.758. The number of hydrogen-bond donors (Lipinski definition) is 0. The third-order valence-electron chi connectivity index (χ3n) is 1.59. The number of hydrogen-bond acceptors (Lipinski definition) is 2. The van der Waals surface area contributed by atoms with Crippen LogP contribution in [0.2, 0.25) is 5.02 Å². The van der Waals surface area contributed by atoms with E-state index in [0.717, 1.165) is 14.3 Å². The molecule has 0 aliphatic heterocycles. The molecule has 66 valence electrons. The monoisotopic (exact) mass is 305 g/mol. The number of aromatic nitrogens is 3. The fourth-order valence-corrected chi connectivity index (χ4v) is 1.48. The van der Waals surface area contributed by atoms with Gasteiger partial charge < -0.3 is 0 Å². The van der Waals surface area contributed by atoms with Gasteiger partial charge in [-0.3, -0.25) is 0 Å². The van der Waals surface area contributed by atoms with Gasteiger partial charge in [0.15, 0.2) is 0 Å². The van der Waals surface area contributed by atoms with Crippen LogP contribution in [0.25, 0.3) is 5.69 Å². The second-order valence-corrected chi connectivity index (χ2v) is 4.01. The first-order valence-electron chi connectivity index (χ1n) is 3.57. The van der Waals surface area contributed by atoms with E-state index in [1.807, 2.05) is 18.2 Å². The largest absolute Gasteiger partial charge is 0.223 e. The van der Waals surface area contributed by atoms with E-state index in [4.69, 9.17) is 11.6 Å². The minimum atomic E-state index is 0.730. The molecule has 0 atom stereocenters. The molecule has 1 heterocycles. The van der Waals surface area contributed by atoms with Crippen molar-refractivity contribution in [2.45, 2.75) is 0 Å². The zero-order chi connectivity index (χ0) is 9.26. The van der Waals surface area contributed by atoms with Crippen LogP contribution in [0.3, 0.4) is 0 Å². The molecule has 0 amide bonds. The Morgan fingerprint density at radius 1 is 1.38 bits per heavy atom. The van der Waals surface area contributed by atoms with Crippen LogP contribution >= 0.6 is 34.2 Å². The van der Waals surface area contributed by atoms with Crippen molar-refractivity contribution in [2.24, 2.45) is 0 Å². The summed E-state index contributed by atoms with van der Waals surface area (Å²) in [5, 5.41) is 4.73. The highest BCUT2D eigenvalue weighted by Crippen LogP contribution is 2.20. The lowest BCUT2D eigenvalue weighted by atomic mass is 10.3. The van der Waals surface area contributed by atoms with Crippen molar-refractivity contribution in [3.8, 4) is 5.69 Å². The lowest BCUT2D eigenvalue weighted by Gasteiger charge is -2.01. The average molecular weight is 306 g/mol. The maximum absolute atomic E-state index is 5.96. The highest BCUT2D eigenvalue weighted by Gasteiger charge is 2.00. The second-order valence-electron chi connectivity index (χ2n) is 2.44. The van der Waals surface area contributed by atoms with Crippen LogP contribution in [0.15, 0.2) is 30.9 Å². The van der Waals surface area contributed by atoms with Gasteiger partial charge in [0.05, 0.1) is 10.7 Å². The molecule has 0 unspecified atom stereocenters. The van der Waals surface area contributed by atoms with Gasteiger partial charge in [-0.15, -0.1) is 0 Å². The molecule has 0 radical (unpaired) electrons. The predicted octanol–water partition coefficient (Wildman–Crippen LogP) is 2.53. The third-order valence-corrected chi connectivity index (χ3v) is 3.16. The van der Waals surface area contributed by atoms with Gasteiger partial charge >= 0.3 is 0 Å². The standard InChI is InChI=1S/C8H5ClIN3/c9-7-3-6(1-2-8(7)10)13-5-11-4-12-13/h1-5H. The highest BCUT2D eigenvalue weighted by atomic mass is 127. The average Bonchev–Trinajstić information content (AvgIpc) is 2.62. The first-order valence-corrected chi connectivity index (χ1v) is 5.03. The Bertz CT molecular complexity index is 413. The molecule has 0 aliphatic rings. The summed E-state index contributed by atoms with van der Waals surface area (Å²) in [6.07, 6.45) is 3.13. The maximum atomic E-state index is 5.96. The van der Waals surface area contributed by atoms with Gasteiger partial charge in [0.2, 0.25) is 0 Å². The van der Waals surface area contributed by atoms with E-state index in [9.17, 15) is 0 Å². The third kappa shape index (κ3) is 1.83. The number of nitrogens with zero attached hydrogens (tertiary/aromatic N) is 3. The predicted molar refractivity (Wildman–Crippen MR) is 59.1 cm³/mol. The molecule has 13 heavy (non-hydrogen) atoms. The van der Waals surface area contributed by atoms with Gasteiger partial charge in [0.1, 0.15) is 12.7 Å². The van der Waals surface area contributed by atoms with E-state index in [1.54, 1.807) is 11.0 Å². The molecule has 0 saturated carbocycles. The van der Waals surface area contributed by atoms with Gasteiger partial charge in [-0.1, -0.05) is 11.6 Å². The molecule has 0 saturated heterocycles. The Morgan fingerprint density at radius 2 is 2.23 bits per heavy atom. The first kappa shape index (κ1) is 8.96. The molecular formula is C8H5ClIN3. The molecular weight excluding hydrogens is 300 g/mol. The molecule has 1 aromatic heterocycles. The fourth-order valence-electron chi connectivity index (χ4n) is 0.969. The maximum Gasteiger partial charge on any atom is 0.138 e. The van der Waals surface area contributed by atoms with E-state index in [-0.39, 0.29) is 0 Å². The van der Waals surface area contributed by atoms with Crippen molar-refractivity contribution in [3.63, 3.8) is 0 Å². The second kappa shape index (κ2) is 3.63. The van der Waals surface area contributed by atoms with Crippen molar-refractivity contribution in [3.05, 3.63) is 39.4 Å². The zero-order valence-electron chi connectivity index (χ0n) is 6.48. The van der Waals surface area contributed by atoms with Gasteiger partial charge in [-0.25, -0.2) is 9.67 Å². The summed E-state index contributed by atoms with van der Waals surface area (Å²) >= 11 is 8.14. The Labute approximate surface area is 93.9 Å². The minimum Gasteiger partial charge on any atom is -0.223 e. The van der Waals surface area contributed by atoms with Crippen LogP contribution in [-0.4, -0.2) is 14.8 Å². The summed E-state index contributed by atoms with van der Waals surface area (Å²) in [6.45, 7) is 0. The molecule has 0 aliphatic carbocycles. The van der Waals surface area contributed by atoms with E-state index in [1.165, 1.54) is 6.33 Å². The van der Waals surface area contributed by atoms with Crippen LogP contribution < -0.4 is 0 Å². The number of halogens is 2. The minimum absolute atomic E-state index is 0.730.